The van der Waals surface area contributed by atoms with Crippen molar-refractivity contribution in [3.8, 4) is 0 Å². The lowest BCUT2D eigenvalue weighted by Crippen LogP contribution is -2.18. The van der Waals surface area contributed by atoms with E-state index in [-0.39, 0.29) is 0 Å². The van der Waals surface area contributed by atoms with E-state index < -0.39 is 0 Å². The fourth-order valence-corrected chi connectivity index (χ4v) is 1.93. The molecule has 0 aliphatic heterocycles. The number of nitrogens with zero attached hydrogens (tertiary/aromatic N) is 3. The zero-order chi connectivity index (χ0) is 13.0. The molecule has 0 amide bonds. The predicted molar refractivity (Wildman–Crippen MR) is 75.1 cm³/mol. The molecule has 0 saturated heterocycles. The van der Waals surface area contributed by atoms with Crippen molar-refractivity contribution in [1.82, 2.24) is 10.2 Å². The van der Waals surface area contributed by atoms with Crippen molar-refractivity contribution in [2.24, 2.45) is 0 Å². The fourth-order valence-electron chi connectivity index (χ4n) is 1.59. The van der Waals surface area contributed by atoms with Gasteiger partial charge in [0.05, 0.1) is 11.6 Å². The molecule has 0 aliphatic carbocycles. The maximum Gasteiger partial charge on any atom is 0.151 e. The Balaban J connectivity index is 2.11. The molecular weight excluding hydrogens is 269 g/mol. The smallest absolute Gasteiger partial charge is 0.151 e. The molecule has 0 atom stereocenters. The summed E-state index contributed by atoms with van der Waals surface area (Å²) in [6, 6.07) is 11.5. The third-order valence-electron chi connectivity index (χ3n) is 2.60. The van der Waals surface area contributed by atoms with Crippen molar-refractivity contribution >= 4 is 29.0 Å². The largest absolute Gasteiger partial charge is 0.354 e. The molecule has 0 saturated carbocycles. The highest BCUT2D eigenvalue weighted by atomic mass is 35.5. The summed E-state index contributed by atoms with van der Waals surface area (Å²) in [6.45, 7) is 0.689. The number of benzene rings is 1. The van der Waals surface area contributed by atoms with Crippen molar-refractivity contribution in [1.29, 1.82) is 0 Å². The lowest BCUT2D eigenvalue weighted by Gasteiger charge is -2.18. The molecule has 2 rings (SSSR count). The summed E-state index contributed by atoms with van der Waals surface area (Å²) in [5.41, 5.74) is 1.83. The van der Waals surface area contributed by atoms with E-state index in [1.807, 2.05) is 48.3 Å². The molecule has 0 N–H and O–H groups in total. The van der Waals surface area contributed by atoms with Gasteiger partial charge in [0.25, 0.3) is 0 Å². The van der Waals surface area contributed by atoms with Gasteiger partial charge in [-0.25, -0.2) is 0 Å². The zero-order valence-electron chi connectivity index (χ0n) is 9.98. The number of hydrogen-bond donors (Lipinski definition) is 0. The number of rotatable bonds is 4. The summed E-state index contributed by atoms with van der Waals surface area (Å²) in [5.74, 6) is 1.17. The van der Waals surface area contributed by atoms with Crippen molar-refractivity contribution in [2.75, 3.05) is 11.9 Å². The van der Waals surface area contributed by atoms with Gasteiger partial charge in [0.2, 0.25) is 0 Å². The minimum atomic E-state index is 0.376. The van der Waals surface area contributed by atoms with Crippen LogP contribution in [0.25, 0.3) is 0 Å². The minimum Gasteiger partial charge on any atom is -0.354 e. The van der Waals surface area contributed by atoms with Crippen LogP contribution in [0.3, 0.4) is 0 Å². The summed E-state index contributed by atoms with van der Waals surface area (Å²) in [6.07, 6.45) is 0. The van der Waals surface area contributed by atoms with Crippen LogP contribution in [-0.2, 0) is 12.4 Å². The SMILES string of the molecule is CN(Cc1ccccc1Cl)c1ccc(CCl)nn1. The predicted octanol–water partition coefficient (Wildman–Crippen LogP) is 3.51. The van der Waals surface area contributed by atoms with Gasteiger partial charge in [0.15, 0.2) is 5.82 Å². The van der Waals surface area contributed by atoms with Gasteiger partial charge in [0, 0.05) is 18.6 Å². The number of anilines is 1. The van der Waals surface area contributed by atoms with E-state index >= 15 is 0 Å². The van der Waals surface area contributed by atoms with Crippen LogP contribution >= 0.6 is 23.2 Å². The van der Waals surface area contributed by atoms with E-state index in [0.29, 0.717) is 12.4 Å². The van der Waals surface area contributed by atoms with E-state index in [1.54, 1.807) is 0 Å². The Morgan fingerprint density at radius 2 is 1.89 bits per heavy atom. The van der Waals surface area contributed by atoms with Crippen LogP contribution in [0.15, 0.2) is 36.4 Å². The molecule has 1 aromatic carbocycles. The minimum absolute atomic E-state index is 0.376. The third kappa shape index (κ3) is 3.12. The summed E-state index contributed by atoms with van der Waals surface area (Å²) < 4.78 is 0. The number of alkyl halides is 1. The number of hydrogen-bond acceptors (Lipinski definition) is 3. The second-order valence-corrected chi connectivity index (χ2v) is 4.64. The van der Waals surface area contributed by atoms with Gasteiger partial charge in [-0.3, -0.25) is 0 Å². The highest BCUT2D eigenvalue weighted by Crippen LogP contribution is 2.19. The molecule has 0 unspecified atom stereocenters. The monoisotopic (exact) mass is 281 g/mol. The second-order valence-electron chi connectivity index (χ2n) is 3.96. The lowest BCUT2D eigenvalue weighted by atomic mass is 10.2. The van der Waals surface area contributed by atoms with Gasteiger partial charge in [-0.1, -0.05) is 29.8 Å². The van der Waals surface area contributed by atoms with E-state index in [1.165, 1.54) is 0 Å². The van der Waals surface area contributed by atoms with Crippen LogP contribution in [0.2, 0.25) is 5.02 Å². The van der Waals surface area contributed by atoms with Gasteiger partial charge in [-0.2, -0.15) is 5.10 Å². The molecule has 1 aromatic heterocycles. The van der Waals surface area contributed by atoms with Crippen LogP contribution in [0.4, 0.5) is 5.82 Å². The van der Waals surface area contributed by atoms with Crippen LogP contribution in [0.1, 0.15) is 11.3 Å². The third-order valence-corrected chi connectivity index (χ3v) is 3.24. The molecule has 0 fully saturated rings. The summed E-state index contributed by atoms with van der Waals surface area (Å²) >= 11 is 11.8. The van der Waals surface area contributed by atoms with E-state index in [4.69, 9.17) is 23.2 Å². The Hall–Kier alpha value is -1.32. The zero-order valence-corrected chi connectivity index (χ0v) is 11.5. The Labute approximate surface area is 116 Å². The summed E-state index contributed by atoms with van der Waals surface area (Å²) in [5, 5.41) is 8.91. The Bertz CT molecular complexity index is 514. The lowest BCUT2D eigenvalue weighted by molar-refractivity contribution is 0.854. The Kier molecular flexibility index (Phi) is 4.39. The fraction of sp³-hybridized carbons (Fsp3) is 0.231. The van der Waals surface area contributed by atoms with Gasteiger partial charge in [0.1, 0.15) is 0 Å². The van der Waals surface area contributed by atoms with E-state index in [2.05, 4.69) is 10.2 Å². The Morgan fingerprint density at radius 3 is 2.50 bits per heavy atom. The molecular formula is C13H13Cl2N3. The first-order chi connectivity index (χ1) is 8.70. The highest BCUT2D eigenvalue weighted by Gasteiger charge is 2.06. The average Bonchev–Trinajstić information content (AvgIpc) is 2.41. The normalized spacial score (nSPS) is 10.4. The standard InChI is InChI=1S/C13H13Cl2N3/c1-18(9-10-4-2-3-5-12(10)15)13-7-6-11(8-14)16-17-13/h2-7H,8-9H2,1H3. The van der Waals surface area contributed by atoms with Crippen molar-refractivity contribution in [3.05, 3.63) is 52.7 Å². The first-order valence-electron chi connectivity index (χ1n) is 5.54. The molecule has 2 aromatic rings. The van der Waals surface area contributed by atoms with Gasteiger partial charge < -0.3 is 4.90 Å². The van der Waals surface area contributed by atoms with Gasteiger partial charge >= 0.3 is 0 Å². The first-order valence-corrected chi connectivity index (χ1v) is 6.45. The van der Waals surface area contributed by atoms with Gasteiger partial charge in [-0.15, -0.1) is 16.7 Å². The first kappa shape index (κ1) is 13.1. The topological polar surface area (TPSA) is 29.0 Å². The quantitative estimate of drug-likeness (QED) is 0.804. The summed E-state index contributed by atoms with van der Waals surface area (Å²) in [4.78, 5) is 1.99. The molecule has 3 nitrogen and oxygen atoms in total. The van der Waals surface area contributed by atoms with E-state index in [9.17, 15) is 0 Å². The van der Waals surface area contributed by atoms with Crippen LogP contribution in [-0.4, -0.2) is 17.2 Å². The van der Waals surface area contributed by atoms with Crippen LogP contribution in [0, 0.1) is 0 Å². The van der Waals surface area contributed by atoms with Crippen LogP contribution < -0.4 is 4.90 Å². The summed E-state index contributed by atoms with van der Waals surface area (Å²) in [7, 11) is 1.95. The molecule has 0 radical (unpaired) electrons. The molecule has 1 heterocycles. The second kappa shape index (κ2) is 6.03. The van der Waals surface area contributed by atoms with Crippen molar-refractivity contribution < 1.29 is 0 Å². The van der Waals surface area contributed by atoms with Crippen LogP contribution in [0.5, 0.6) is 0 Å². The number of halogens is 2. The maximum atomic E-state index is 6.12. The maximum absolute atomic E-state index is 6.12. The van der Waals surface area contributed by atoms with Crippen molar-refractivity contribution in [2.45, 2.75) is 12.4 Å². The molecule has 0 spiro atoms. The molecule has 18 heavy (non-hydrogen) atoms. The van der Waals surface area contributed by atoms with Gasteiger partial charge in [-0.05, 0) is 23.8 Å². The average molecular weight is 282 g/mol. The van der Waals surface area contributed by atoms with Crippen molar-refractivity contribution in [3.63, 3.8) is 0 Å². The number of aromatic nitrogens is 2. The molecule has 0 aliphatic rings. The molecule has 5 heteroatoms. The Morgan fingerprint density at radius 1 is 1.11 bits per heavy atom. The van der Waals surface area contributed by atoms with E-state index in [0.717, 1.165) is 22.1 Å². The highest BCUT2D eigenvalue weighted by molar-refractivity contribution is 6.31. The molecule has 0 bridgehead atoms. The molecule has 94 valence electrons.